The van der Waals surface area contributed by atoms with E-state index in [4.69, 9.17) is 9.84 Å². The van der Waals surface area contributed by atoms with Crippen molar-refractivity contribution in [2.45, 2.75) is 44.4 Å². The van der Waals surface area contributed by atoms with Crippen LogP contribution >= 0.6 is 0 Å². The third-order valence-electron chi connectivity index (χ3n) is 4.59. The summed E-state index contributed by atoms with van der Waals surface area (Å²) in [5.41, 5.74) is 0.970. The molecule has 1 amide bonds. The second-order valence-electron chi connectivity index (χ2n) is 6.60. The molecular formula is C18H24N2O4. The lowest BCUT2D eigenvalue weighted by molar-refractivity contribution is -0.138. The molecule has 0 aromatic heterocycles. The van der Waals surface area contributed by atoms with Crippen molar-refractivity contribution >= 4 is 12.1 Å². The van der Waals surface area contributed by atoms with Gasteiger partial charge in [0.15, 0.2) is 0 Å². The van der Waals surface area contributed by atoms with E-state index in [1.807, 2.05) is 40.1 Å². The fraction of sp³-hybridized carbons (Fsp3) is 0.556. The third-order valence-corrected chi connectivity index (χ3v) is 4.59. The smallest absolute Gasteiger partial charge is 0.410 e. The Balaban J connectivity index is 1.59. The van der Waals surface area contributed by atoms with Crippen molar-refractivity contribution in [1.29, 1.82) is 0 Å². The van der Waals surface area contributed by atoms with Crippen molar-refractivity contribution in [2.75, 3.05) is 19.6 Å². The summed E-state index contributed by atoms with van der Waals surface area (Å²) in [6.07, 6.45) is 3.56. The Morgan fingerprint density at radius 1 is 1.17 bits per heavy atom. The molecule has 6 heteroatoms. The predicted octanol–water partition coefficient (Wildman–Crippen LogP) is 2.34. The lowest BCUT2D eigenvalue weighted by Crippen LogP contribution is -2.52. The maximum absolute atomic E-state index is 12.6. The monoisotopic (exact) mass is 332 g/mol. The van der Waals surface area contributed by atoms with Gasteiger partial charge in [-0.1, -0.05) is 30.3 Å². The second-order valence-corrected chi connectivity index (χ2v) is 6.60. The number of likely N-dealkylation sites (tertiary alicyclic amines) is 1. The number of rotatable bonds is 6. The molecular weight excluding hydrogens is 308 g/mol. The Morgan fingerprint density at radius 2 is 1.92 bits per heavy atom. The molecule has 1 atom stereocenters. The van der Waals surface area contributed by atoms with Gasteiger partial charge < -0.3 is 14.7 Å². The molecule has 2 fully saturated rings. The van der Waals surface area contributed by atoms with E-state index in [2.05, 4.69) is 0 Å². The van der Waals surface area contributed by atoms with E-state index in [1.165, 1.54) is 0 Å². The highest BCUT2D eigenvalue weighted by Gasteiger charge is 2.40. The van der Waals surface area contributed by atoms with E-state index in [0.29, 0.717) is 6.54 Å². The second kappa shape index (κ2) is 7.66. The van der Waals surface area contributed by atoms with Crippen LogP contribution in [0.5, 0.6) is 0 Å². The Morgan fingerprint density at radius 3 is 2.58 bits per heavy atom. The number of aliphatic carboxylic acids is 1. The molecule has 1 aliphatic heterocycles. The summed E-state index contributed by atoms with van der Waals surface area (Å²) in [4.78, 5) is 27.3. The Labute approximate surface area is 142 Å². The molecule has 1 saturated carbocycles. The number of carbonyl (C=O) groups is 2. The van der Waals surface area contributed by atoms with Crippen molar-refractivity contribution in [1.82, 2.24) is 9.80 Å². The minimum absolute atomic E-state index is 0.0358. The Kier molecular flexibility index (Phi) is 5.35. The van der Waals surface area contributed by atoms with Gasteiger partial charge in [0.2, 0.25) is 0 Å². The van der Waals surface area contributed by atoms with Crippen molar-refractivity contribution in [3.05, 3.63) is 35.9 Å². The molecule has 3 rings (SSSR count). The number of hydrogen-bond donors (Lipinski definition) is 1. The van der Waals surface area contributed by atoms with Gasteiger partial charge in [-0.15, -0.1) is 0 Å². The number of carbonyl (C=O) groups excluding carboxylic acids is 1. The quantitative estimate of drug-likeness (QED) is 0.866. The minimum Gasteiger partial charge on any atom is -0.480 e. The van der Waals surface area contributed by atoms with Crippen LogP contribution < -0.4 is 0 Å². The summed E-state index contributed by atoms with van der Waals surface area (Å²) >= 11 is 0. The number of carboxylic acid groups (broad SMARTS) is 1. The summed E-state index contributed by atoms with van der Waals surface area (Å²) in [5, 5.41) is 8.98. The van der Waals surface area contributed by atoms with Crippen LogP contribution in [0.4, 0.5) is 4.79 Å². The Hall–Kier alpha value is -2.08. The van der Waals surface area contributed by atoms with E-state index < -0.39 is 5.97 Å². The molecule has 2 aliphatic rings. The van der Waals surface area contributed by atoms with Gasteiger partial charge in [0.1, 0.15) is 6.61 Å². The van der Waals surface area contributed by atoms with E-state index >= 15 is 0 Å². The first kappa shape index (κ1) is 16.8. The molecule has 1 aliphatic carbocycles. The number of amides is 1. The highest BCUT2D eigenvalue weighted by atomic mass is 16.6. The number of hydrogen-bond acceptors (Lipinski definition) is 4. The van der Waals surface area contributed by atoms with E-state index in [9.17, 15) is 9.59 Å². The van der Waals surface area contributed by atoms with Gasteiger partial charge in [0.25, 0.3) is 0 Å². The van der Waals surface area contributed by atoms with Gasteiger partial charge >= 0.3 is 12.1 Å². The zero-order valence-electron chi connectivity index (χ0n) is 13.8. The molecule has 0 radical (unpaired) electrons. The van der Waals surface area contributed by atoms with Crippen molar-refractivity contribution in [3.8, 4) is 0 Å². The number of piperidine rings is 1. The summed E-state index contributed by atoms with van der Waals surface area (Å²) < 4.78 is 5.51. The van der Waals surface area contributed by atoms with E-state index in [0.717, 1.165) is 37.8 Å². The maximum atomic E-state index is 12.6. The maximum Gasteiger partial charge on any atom is 0.410 e. The lowest BCUT2D eigenvalue weighted by atomic mass is 10.0. The molecule has 6 nitrogen and oxygen atoms in total. The minimum atomic E-state index is -0.819. The van der Waals surface area contributed by atoms with Crippen LogP contribution in [0.3, 0.4) is 0 Å². The highest BCUT2D eigenvalue weighted by Crippen LogP contribution is 2.32. The first-order valence-electron chi connectivity index (χ1n) is 8.56. The standard InChI is InChI=1S/C18H24N2O4/c21-17(22)12-19-10-4-7-16(11-19)20(15-8-9-15)18(23)24-13-14-5-2-1-3-6-14/h1-3,5-6,15-16H,4,7-13H2,(H,21,22). The molecule has 24 heavy (non-hydrogen) atoms. The summed E-state index contributed by atoms with van der Waals surface area (Å²) in [6.45, 7) is 1.70. The topological polar surface area (TPSA) is 70.1 Å². The Bertz CT molecular complexity index is 574. The molecule has 1 N–H and O–H groups in total. The van der Waals surface area contributed by atoms with Gasteiger partial charge in [-0.05, 0) is 37.8 Å². The zero-order chi connectivity index (χ0) is 16.9. The molecule has 1 saturated heterocycles. The third kappa shape index (κ3) is 4.47. The lowest BCUT2D eigenvalue weighted by Gasteiger charge is -2.38. The molecule has 0 bridgehead atoms. The van der Waals surface area contributed by atoms with Crippen molar-refractivity contribution in [2.24, 2.45) is 0 Å². The van der Waals surface area contributed by atoms with Gasteiger partial charge in [-0.3, -0.25) is 9.69 Å². The van der Waals surface area contributed by atoms with Crippen LogP contribution in [0.25, 0.3) is 0 Å². The SMILES string of the molecule is O=C(O)CN1CCCC(N(C(=O)OCc2ccccc2)C2CC2)C1. The van der Waals surface area contributed by atoms with Crippen LogP contribution in [-0.4, -0.2) is 58.7 Å². The van der Waals surface area contributed by atoms with Crippen molar-refractivity contribution in [3.63, 3.8) is 0 Å². The molecule has 1 heterocycles. The molecule has 1 aromatic carbocycles. The van der Waals surface area contributed by atoms with Gasteiger partial charge in [-0.2, -0.15) is 0 Å². The number of carboxylic acids is 1. The molecule has 0 spiro atoms. The van der Waals surface area contributed by atoms with Gasteiger partial charge in [-0.25, -0.2) is 4.79 Å². The first-order valence-corrected chi connectivity index (χ1v) is 8.56. The predicted molar refractivity (Wildman–Crippen MR) is 88.6 cm³/mol. The summed E-state index contributed by atoms with van der Waals surface area (Å²) in [5.74, 6) is -0.819. The van der Waals surface area contributed by atoms with Crippen LogP contribution in [0.15, 0.2) is 30.3 Å². The molecule has 1 unspecified atom stereocenters. The first-order chi connectivity index (χ1) is 11.6. The van der Waals surface area contributed by atoms with E-state index in [1.54, 1.807) is 0 Å². The average Bonchev–Trinajstić information content (AvgIpc) is 3.39. The van der Waals surface area contributed by atoms with Crippen LogP contribution in [0.2, 0.25) is 0 Å². The van der Waals surface area contributed by atoms with Crippen LogP contribution in [-0.2, 0) is 16.1 Å². The number of nitrogens with zero attached hydrogens (tertiary/aromatic N) is 2. The largest absolute Gasteiger partial charge is 0.480 e. The van der Waals surface area contributed by atoms with Crippen LogP contribution in [0.1, 0.15) is 31.2 Å². The molecule has 130 valence electrons. The normalized spacial score (nSPS) is 21.2. The summed E-state index contributed by atoms with van der Waals surface area (Å²) in [6, 6.07) is 9.95. The van der Waals surface area contributed by atoms with E-state index in [-0.39, 0.29) is 31.3 Å². The van der Waals surface area contributed by atoms with Gasteiger partial charge in [0.05, 0.1) is 6.54 Å². The molecule has 1 aromatic rings. The fourth-order valence-corrected chi connectivity index (χ4v) is 3.34. The number of benzene rings is 1. The zero-order valence-corrected chi connectivity index (χ0v) is 13.8. The number of ether oxygens (including phenoxy) is 1. The summed E-state index contributed by atoms with van der Waals surface area (Å²) in [7, 11) is 0. The van der Waals surface area contributed by atoms with Crippen molar-refractivity contribution < 1.29 is 19.4 Å². The average molecular weight is 332 g/mol. The van der Waals surface area contributed by atoms with Gasteiger partial charge in [0, 0.05) is 18.6 Å². The fourth-order valence-electron chi connectivity index (χ4n) is 3.34. The van der Waals surface area contributed by atoms with Crippen LogP contribution in [0, 0.1) is 0 Å². The highest BCUT2D eigenvalue weighted by molar-refractivity contribution is 5.70.